The van der Waals surface area contributed by atoms with Crippen LogP contribution in [0.1, 0.15) is 23.6 Å². The number of aromatic amines is 1. The van der Waals surface area contributed by atoms with Gasteiger partial charge in [0, 0.05) is 51.1 Å². The van der Waals surface area contributed by atoms with E-state index in [0.29, 0.717) is 12.0 Å². The Morgan fingerprint density at radius 3 is 2.45 bits per heavy atom. The highest BCUT2D eigenvalue weighted by Gasteiger charge is 2.31. The topological polar surface area (TPSA) is 44.8 Å². The van der Waals surface area contributed by atoms with Gasteiger partial charge in [0.15, 0.2) is 0 Å². The maximum atomic E-state index is 3.90. The van der Waals surface area contributed by atoms with Gasteiger partial charge in [0.05, 0.1) is 28.5 Å². The summed E-state index contributed by atoms with van der Waals surface area (Å²) >= 11 is 0. The van der Waals surface area contributed by atoms with Crippen LogP contribution in [0.2, 0.25) is 0 Å². The molecule has 2 aromatic heterocycles. The lowest BCUT2D eigenvalue weighted by molar-refractivity contribution is 0.566. The predicted octanol–water partition coefficient (Wildman–Crippen LogP) is 8.82. The summed E-state index contributed by atoms with van der Waals surface area (Å²) in [4.78, 5) is 3.90. The van der Waals surface area contributed by atoms with Crippen molar-refractivity contribution in [3.8, 4) is 5.69 Å². The Hall–Kier alpha value is -4.96. The van der Waals surface area contributed by atoms with E-state index in [1.807, 2.05) is 0 Å². The number of allylic oxidation sites excluding steroid dienone is 1. The molecule has 2 unspecified atom stereocenters. The number of para-hydroxylation sites is 3. The number of hydrogen-bond donors (Lipinski definition) is 3. The molecule has 0 radical (unpaired) electrons. The lowest BCUT2D eigenvalue weighted by Crippen LogP contribution is -2.38. The zero-order valence-electron chi connectivity index (χ0n) is 22.0. The third-order valence-electron chi connectivity index (χ3n) is 8.96. The van der Waals surface area contributed by atoms with Gasteiger partial charge in [0.2, 0.25) is 0 Å². The van der Waals surface area contributed by atoms with Crippen molar-refractivity contribution in [2.24, 2.45) is 0 Å². The van der Waals surface area contributed by atoms with Gasteiger partial charge in [-0.15, -0.1) is 0 Å². The summed E-state index contributed by atoms with van der Waals surface area (Å²) in [5.41, 5.74) is 9.89. The van der Waals surface area contributed by atoms with Crippen molar-refractivity contribution in [1.82, 2.24) is 9.55 Å². The number of nitrogens with zero attached hydrogens (tertiary/aromatic N) is 1. The fourth-order valence-electron chi connectivity index (χ4n) is 7.06. The number of aromatic nitrogens is 2. The lowest BCUT2D eigenvalue weighted by Gasteiger charge is -2.34. The van der Waals surface area contributed by atoms with Crippen LogP contribution in [0.3, 0.4) is 0 Å². The predicted molar refractivity (Wildman–Crippen MR) is 169 cm³/mol. The average molecular weight is 517 g/mol. The quantitative estimate of drug-likeness (QED) is 0.215. The number of H-pyrrole nitrogens is 1. The SMILES string of the molecule is C1=Cc2c([nH]c3cc4c(cc23)c2ccccc2n4-c2ccc3ccccc3c2)C(C2CNc3ccccc3N2)C1. The highest BCUT2D eigenvalue weighted by atomic mass is 15.1. The van der Waals surface area contributed by atoms with Crippen LogP contribution in [-0.2, 0) is 0 Å². The van der Waals surface area contributed by atoms with Crippen molar-refractivity contribution in [2.45, 2.75) is 18.4 Å². The molecule has 0 amide bonds. The summed E-state index contributed by atoms with van der Waals surface area (Å²) in [5, 5.41) is 13.9. The van der Waals surface area contributed by atoms with E-state index < -0.39 is 0 Å². The highest BCUT2D eigenvalue weighted by Crippen LogP contribution is 2.42. The first-order valence-corrected chi connectivity index (χ1v) is 14.2. The van der Waals surface area contributed by atoms with E-state index in [2.05, 4.69) is 135 Å². The molecule has 0 saturated carbocycles. The average Bonchev–Trinajstić information content (AvgIpc) is 3.54. The number of nitrogens with one attached hydrogen (secondary N) is 3. The van der Waals surface area contributed by atoms with E-state index in [1.165, 1.54) is 71.8 Å². The largest absolute Gasteiger partial charge is 0.381 e. The molecular formula is C36H28N4. The molecule has 0 bridgehead atoms. The number of fused-ring (bicyclic) bond motifs is 8. The fourth-order valence-corrected chi connectivity index (χ4v) is 7.06. The molecule has 2 atom stereocenters. The van der Waals surface area contributed by atoms with E-state index in [9.17, 15) is 0 Å². The Balaban J connectivity index is 1.23. The smallest absolute Gasteiger partial charge is 0.0579 e. The van der Waals surface area contributed by atoms with Gasteiger partial charge in [-0.05, 0) is 59.7 Å². The first-order chi connectivity index (χ1) is 19.8. The summed E-state index contributed by atoms with van der Waals surface area (Å²) in [7, 11) is 0. The molecular weight excluding hydrogens is 488 g/mol. The van der Waals surface area contributed by atoms with E-state index in [4.69, 9.17) is 0 Å². The lowest BCUT2D eigenvalue weighted by atomic mass is 9.85. The van der Waals surface area contributed by atoms with Crippen molar-refractivity contribution in [2.75, 3.05) is 17.2 Å². The van der Waals surface area contributed by atoms with Crippen LogP contribution in [0.4, 0.5) is 11.4 Å². The van der Waals surface area contributed by atoms with Gasteiger partial charge in [0.25, 0.3) is 0 Å². The maximum absolute atomic E-state index is 3.90. The summed E-state index contributed by atoms with van der Waals surface area (Å²) in [6.07, 6.45) is 5.70. The monoisotopic (exact) mass is 516 g/mol. The van der Waals surface area contributed by atoms with Crippen LogP contribution in [0.25, 0.3) is 55.2 Å². The summed E-state index contributed by atoms with van der Waals surface area (Å²) in [5.74, 6) is 0.368. The van der Waals surface area contributed by atoms with E-state index in [1.54, 1.807) is 0 Å². The molecule has 1 aliphatic heterocycles. The van der Waals surface area contributed by atoms with E-state index >= 15 is 0 Å². The van der Waals surface area contributed by atoms with E-state index in [0.717, 1.165) is 13.0 Å². The zero-order chi connectivity index (χ0) is 26.2. The molecule has 9 rings (SSSR count). The molecule has 4 heteroatoms. The highest BCUT2D eigenvalue weighted by molar-refractivity contribution is 6.14. The molecule has 0 fully saturated rings. The number of hydrogen-bond acceptors (Lipinski definition) is 2. The fraction of sp³-hybridized carbons (Fsp3) is 0.111. The minimum atomic E-state index is 0.313. The Kier molecular flexibility index (Phi) is 4.53. The molecule has 2 aliphatic rings. The van der Waals surface area contributed by atoms with Gasteiger partial charge in [0.1, 0.15) is 0 Å². The van der Waals surface area contributed by atoms with Gasteiger partial charge in [-0.3, -0.25) is 0 Å². The van der Waals surface area contributed by atoms with Gasteiger partial charge in [-0.25, -0.2) is 0 Å². The summed E-state index contributed by atoms with van der Waals surface area (Å²) in [6, 6.07) is 37.8. The third kappa shape index (κ3) is 3.13. The Morgan fingerprint density at radius 1 is 0.675 bits per heavy atom. The summed E-state index contributed by atoms with van der Waals surface area (Å²) in [6.45, 7) is 0.907. The molecule has 5 aromatic carbocycles. The normalized spacial score (nSPS) is 18.1. The third-order valence-corrected chi connectivity index (χ3v) is 8.96. The standard InChI is InChI=1S/C36H28N4/c1-2-9-23-18-24(17-16-22(23)8-1)40-34-15-6-3-10-25(34)29-19-28-26-11-7-12-27(36(26)39-32(28)20-35(29)40)33-21-37-30-13-4-5-14-31(30)38-33/h1-11,13-20,27,33,37-39H,12,21H2. The molecule has 192 valence electrons. The molecule has 0 spiro atoms. The van der Waals surface area contributed by atoms with Crippen LogP contribution in [0.5, 0.6) is 0 Å². The van der Waals surface area contributed by atoms with Crippen molar-refractivity contribution in [3.05, 3.63) is 120 Å². The number of anilines is 2. The first kappa shape index (κ1) is 21.9. The number of rotatable bonds is 2. The van der Waals surface area contributed by atoms with Gasteiger partial charge < -0.3 is 20.2 Å². The first-order valence-electron chi connectivity index (χ1n) is 14.2. The van der Waals surface area contributed by atoms with Gasteiger partial charge in [-0.2, -0.15) is 0 Å². The van der Waals surface area contributed by atoms with Crippen LogP contribution >= 0.6 is 0 Å². The molecule has 3 N–H and O–H groups in total. The van der Waals surface area contributed by atoms with Gasteiger partial charge >= 0.3 is 0 Å². The minimum absolute atomic E-state index is 0.313. The molecule has 40 heavy (non-hydrogen) atoms. The second kappa shape index (κ2) is 8.27. The number of benzene rings is 5. The molecule has 1 aliphatic carbocycles. The molecule has 0 saturated heterocycles. The second-order valence-corrected chi connectivity index (χ2v) is 11.2. The van der Waals surface area contributed by atoms with Gasteiger partial charge in [-0.1, -0.05) is 72.8 Å². The second-order valence-electron chi connectivity index (χ2n) is 11.2. The molecule has 7 aromatic rings. The van der Waals surface area contributed by atoms with Crippen LogP contribution < -0.4 is 10.6 Å². The Bertz CT molecular complexity index is 2140. The van der Waals surface area contributed by atoms with Crippen LogP contribution in [0, 0.1) is 0 Å². The van der Waals surface area contributed by atoms with Crippen LogP contribution in [0.15, 0.2) is 109 Å². The minimum Gasteiger partial charge on any atom is -0.381 e. The van der Waals surface area contributed by atoms with Crippen molar-refractivity contribution in [1.29, 1.82) is 0 Å². The van der Waals surface area contributed by atoms with Crippen molar-refractivity contribution < 1.29 is 0 Å². The molecule has 3 heterocycles. The van der Waals surface area contributed by atoms with Crippen molar-refractivity contribution in [3.63, 3.8) is 0 Å². The maximum Gasteiger partial charge on any atom is 0.0579 e. The molecule has 4 nitrogen and oxygen atoms in total. The summed E-state index contributed by atoms with van der Waals surface area (Å²) < 4.78 is 2.42. The Labute approximate surface area is 231 Å². The Morgan fingerprint density at radius 2 is 1.50 bits per heavy atom. The van der Waals surface area contributed by atoms with Crippen LogP contribution in [-0.4, -0.2) is 22.1 Å². The van der Waals surface area contributed by atoms with E-state index in [-0.39, 0.29) is 0 Å². The zero-order valence-corrected chi connectivity index (χ0v) is 22.0. The van der Waals surface area contributed by atoms with Crippen molar-refractivity contribution >= 4 is 60.9 Å².